The first-order valence-corrected chi connectivity index (χ1v) is 9.28. The van der Waals surface area contributed by atoms with Crippen LogP contribution in [-0.2, 0) is 11.3 Å². The van der Waals surface area contributed by atoms with E-state index < -0.39 is 12.7 Å². The molecule has 0 radical (unpaired) electrons. The van der Waals surface area contributed by atoms with Gasteiger partial charge in [-0.1, -0.05) is 12.1 Å². The third-order valence-electron chi connectivity index (χ3n) is 4.45. The zero-order chi connectivity index (χ0) is 20.6. The molecule has 1 aromatic carbocycles. The summed E-state index contributed by atoms with van der Waals surface area (Å²) in [5.41, 5.74) is 2.06. The van der Waals surface area contributed by atoms with Crippen LogP contribution in [0.25, 0.3) is 0 Å². The van der Waals surface area contributed by atoms with Crippen LogP contribution in [0.15, 0.2) is 23.2 Å². The van der Waals surface area contributed by atoms with E-state index in [2.05, 4.69) is 15.6 Å². The maximum atomic E-state index is 12.5. The number of benzene rings is 1. The molecular weight excluding hydrogens is 500 g/mol. The van der Waals surface area contributed by atoms with Crippen LogP contribution in [0, 0.1) is 6.92 Å². The quantitative estimate of drug-likeness (QED) is 0.235. The largest absolute Gasteiger partial charge is 0.491 e. The molecule has 10 heteroatoms. The lowest BCUT2D eigenvalue weighted by molar-refractivity contribution is -0.143. The topological polar surface area (TPSA) is 58.1 Å². The Morgan fingerprint density at radius 2 is 2.07 bits per heavy atom. The van der Waals surface area contributed by atoms with Crippen LogP contribution >= 0.6 is 24.0 Å². The minimum absolute atomic E-state index is 0. The van der Waals surface area contributed by atoms with Crippen molar-refractivity contribution in [2.45, 2.75) is 32.1 Å². The van der Waals surface area contributed by atoms with Crippen LogP contribution in [-0.4, -0.2) is 70.1 Å². The van der Waals surface area contributed by atoms with Gasteiger partial charge in [0.05, 0.1) is 13.2 Å². The van der Waals surface area contributed by atoms with Gasteiger partial charge < -0.3 is 20.1 Å². The summed E-state index contributed by atoms with van der Waals surface area (Å²) in [6, 6.07) is 5.89. The highest BCUT2D eigenvalue weighted by Crippen LogP contribution is 2.21. The molecule has 0 aliphatic carbocycles. The molecule has 2 N–H and O–H groups in total. The molecule has 0 aromatic heterocycles. The van der Waals surface area contributed by atoms with Gasteiger partial charge in [0.2, 0.25) is 0 Å². The molecule has 0 amide bonds. The Balaban J connectivity index is 0.00000420. The van der Waals surface area contributed by atoms with Crippen LogP contribution in [0.1, 0.15) is 17.5 Å². The number of likely N-dealkylation sites (tertiary alicyclic amines) is 1. The summed E-state index contributed by atoms with van der Waals surface area (Å²) in [4.78, 5) is 5.59. The summed E-state index contributed by atoms with van der Waals surface area (Å²) in [7, 11) is 3.26. The monoisotopic (exact) mass is 530 g/mol. The number of alkyl halides is 3. The van der Waals surface area contributed by atoms with E-state index in [0.29, 0.717) is 45.2 Å². The fourth-order valence-corrected chi connectivity index (χ4v) is 3.09. The molecule has 1 aliphatic heterocycles. The molecule has 166 valence electrons. The van der Waals surface area contributed by atoms with E-state index in [1.165, 1.54) is 4.90 Å². The second kappa shape index (κ2) is 12.4. The molecule has 1 aromatic rings. The van der Waals surface area contributed by atoms with Gasteiger partial charge in [0.15, 0.2) is 5.96 Å². The first kappa shape index (κ1) is 25.8. The van der Waals surface area contributed by atoms with Gasteiger partial charge in [0.1, 0.15) is 12.4 Å². The highest BCUT2D eigenvalue weighted by molar-refractivity contribution is 14.0. The number of methoxy groups -OCH3 is 1. The number of rotatable bonds is 8. The molecular formula is C19H30F3IN4O2. The molecule has 1 heterocycles. The lowest BCUT2D eigenvalue weighted by Gasteiger charge is -2.20. The number of guanidine groups is 1. The fourth-order valence-electron chi connectivity index (χ4n) is 3.09. The van der Waals surface area contributed by atoms with Gasteiger partial charge in [-0.05, 0) is 25.0 Å². The fraction of sp³-hybridized carbons (Fsp3) is 0.632. The predicted octanol–water partition coefficient (Wildman–Crippen LogP) is 2.94. The first-order valence-electron chi connectivity index (χ1n) is 9.28. The van der Waals surface area contributed by atoms with Gasteiger partial charge in [-0.25, -0.2) is 0 Å². The molecule has 1 saturated heterocycles. The number of halogens is 4. The molecule has 0 saturated carbocycles. The van der Waals surface area contributed by atoms with Crippen molar-refractivity contribution >= 4 is 29.9 Å². The van der Waals surface area contributed by atoms with E-state index >= 15 is 0 Å². The predicted molar refractivity (Wildman–Crippen MR) is 118 cm³/mol. The lowest BCUT2D eigenvalue weighted by atomic mass is 10.1. The summed E-state index contributed by atoms with van der Waals surface area (Å²) in [6.45, 7) is 3.33. The Labute approximate surface area is 187 Å². The summed E-state index contributed by atoms with van der Waals surface area (Å²) in [5, 5.41) is 6.42. The first-order chi connectivity index (χ1) is 13.3. The van der Waals surface area contributed by atoms with E-state index in [1.54, 1.807) is 14.2 Å². The SMILES string of the molecule is CN=C(NCc1ccc(C)cc1OCCOC)NC1CCN(CC(F)(F)F)C1.I. The summed E-state index contributed by atoms with van der Waals surface area (Å²) >= 11 is 0. The Hall–Kier alpha value is -1.27. The summed E-state index contributed by atoms with van der Waals surface area (Å²) in [6.07, 6.45) is -3.52. The van der Waals surface area contributed by atoms with Crippen molar-refractivity contribution in [1.29, 1.82) is 0 Å². The maximum Gasteiger partial charge on any atom is 0.401 e. The van der Waals surface area contributed by atoms with E-state index in [-0.39, 0.29) is 30.0 Å². The van der Waals surface area contributed by atoms with E-state index in [0.717, 1.165) is 16.9 Å². The van der Waals surface area contributed by atoms with Crippen LogP contribution in [0.5, 0.6) is 5.75 Å². The van der Waals surface area contributed by atoms with Gasteiger partial charge in [0.25, 0.3) is 0 Å². The van der Waals surface area contributed by atoms with Crippen molar-refractivity contribution in [2.24, 2.45) is 4.99 Å². The minimum atomic E-state index is -4.17. The zero-order valence-electron chi connectivity index (χ0n) is 17.0. The van der Waals surface area contributed by atoms with Crippen LogP contribution in [0.4, 0.5) is 13.2 Å². The molecule has 1 unspecified atom stereocenters. The zero-order valence-corrected chi connectivity index (χ0v) is 19.3. The van der Waals surface area contributed by atoms with Gasteiger partial charge in [-0.2, -0.15) is 13.2 Å². The number of hydrogen-bond donors (Lipinski definition) is 2. The average molecular weight is 530 g/mol. The van der Waals surface area contributed by atoms with E-state index in [4.69, 9.17) is 9.47 Å². The number of aryl methyl sites for hydroxylation is 1. The highest BCUT2D eigenvalue weighted by Gasteiger charge is 2.34. The smallest absolute Gasteiger partial charge is 0.401 e. The molecule has 0 bridgehead atoms. The normalized spacial score (nSPS) is 17.7. The van der Waals surface area contributed by atoms with E-state index in [9.17, 15) is 13.2 Å². The molecule has 6 nitrogen and oxygen atoms in total. The van der Waals surface area contributed by atoms with Crippen molar-refractivity contribution in [3.8, 4) is 5.75 Å². The van der Waals surface area contributed by atoms with Gasteiger partial charge in [-0.3, -0.25) is 9.89 Å². The second-order valence-electron chi connectivity index (χ2n) is 6.86. The molecule has 29 heavy (non-hydrogen) atoms. The molecule has 1 aliphatic rings. The number of hydrogen-bond acceptors (Lipinski definition) is 4. The van der Waals surface area contributed by atoms with Crippen LogP contribution in [0.3, 0.4) is 0 Å². The maximum absolute atomic E-state index is 12.5. The Morgan fingerprint density at radius 1 is 1.31 bits per heavy atom. The average Bonchev–Trinajstić information content (AvgIpc) is 3.05. The Kier molecular flexibility index (Phi) is 11.0. The number of aliphatic imine (C=N–C) groups is 1. The van der Waals surface area contributed by atoms with Gasteiger partial charge >= 0.3 is 6.18 Å². The number of nitrogens with zero attached hydrogens (tertiary/aromatic N) is 2. The molecule has 1 fully saturated rings. The second-order valence-corrected chi connectivity index (χ2v) is 6.86. The highest BCUT2D eigenvalue weighted by atomic mass is 127. The summed E-state index contributed by atoms with van der Waals surface area (Å²) < 4.78 is 48.4. The van der Waals surface area contributed by atoms with Crippen molar-refractivity contribution < 1.29 is 22.6 Å². The van der Waals surface area contributed by atoms with E-state index in [1.807, 2.05) is 25.1 Å². The van der Waals surface area contributed by atoms with Crippen molar-refractivity contribution in [2.75, 3.05) is 47.0 Å². The van der Waals surface area contributed by atoms with Crippen LogP contribution in [0.2, 0.25) is 0 Å². The number of nitrogens with one attached hydrogen (secondary N) is 2. The van der Waals surface area contributed by atoms with Crippen molar-refractivity contribution in [3.63, 3.8) is 0 Å². The van der Waals surface area contributed by atoms with Gasteiger partial charge in [0, 0.05) is 45.4 Å². The van der Waals surface area contributed by atoms with Crippen molar-refractivity contribution in [3.05, 3.63) is 29.3 Å². The molecule has 0 spiro atoms. The summed E-state index contributed by atoms with van der Waals surface area (Å²) in [5.74, 6) is 1.33. The standard InChI is InChI=1S/C19H29F3N4O2.HI/c1-14-4-5-15(17(10-14)28-9-8-27-3)11-24-18(23-2)25-16-6-7-26(12-16)13-19(20,21)22;/h4-5,10,16H,6-9,11-13H2,1-3H3,(H2,23,24,25);1H. The van der Waals surface area contributed by atoms with Crippen molar-refractivity contribution in [1.82, 2.24) is 15.5 Å². The van der Waals surface area contributed by atoms with Gasteiger partial charge in [-0.15, -0.1) is 24.0 Å². The Morgan fingerprint density at radius 3 is 2.72 bits per heavy atom. The third-order valence-corrected chi connectivity index (χ3v) is 4.45. The minimum Gasteiger partial charge on any atom is -0.491 e. The molecule has 2 rings (SSSR count). The Bertz CT molecular complexity index is 659. The third kappa shape index (κ3) is 9.39. The molecule has 1 atom stereocenters. The number of ether oxygens (including phenoxy) is 2. The lowest BCUT2D eigenvalue weighted by Crippen LogP contribution is -2.44. The van der Waals surface area contributed by atoms with Crippen LogP contribution < -0.4 is 15.4 Å².